The van der Waals surface area contributed by atoms with E-state index in [4.69, 9.17) is 14.2 Å². The number of esters is 1. The molecule has 1 aromatic rings. The molecule has 0 amide bonds. The Morgan fingerprint density at radius 3 is 2.64 bits per heavy atom. The smallest absolute Gasteiger partial charge is 0.350 e. The molecule has 2 heterocycles. The molecule has 0 radical (unpaired) electrons. The Balaban J connectivity index is 1.59. The Hall–Kier alpha value is -1.85. The van der Waals surface area contributed by atoms with E-state index in [-0.39, 0.29) is 23.5 Å². The molecule has 2 aliphatic carbocycles. The SMILES string of the molecule is COC(=O)c1sc(C#CC(C)(C)C)cc1N(C[C@H]1CC=C(C)C[C@@H]1C)C1CCC(O)(CO[C@H]2CCOC2)CC1. The number of rotatable bonds is 8. The van der Waals surface area contributed by atoms with Crippen LogP contribution in [0.2, 0.25) is 0 Å². The molecule has 2 fully saturated rings. The molecule has 3 atom stereocenters. The normalized spacial score (nSPS) is 29.4. The second-order valence-corrected chi connectivity index (χ2v) is 14.0. The topological polar surface area (TPSA) is 68.2 Å². The van der Waals surface area contributed by atoms with Crippen LogP contribution in [-0.2, 0) is 14.2 Å². The van der Waals surface area contributed by atoms with Gasteiger partial charge in [0.1, 0.15) is 4.88 Å². The lowest BCUT2D eigenvalue weighted by molar-refractivity contribution is -0.0927. The highest BCUT2D eigenvalue weighted by molar-refractivity contribution is 7.15. The molecule has 1 saturated carbocycles. The van der Waals surface area contributed by atoms with Gasteiger partial charge in [-0.1, -0.05) is 30.4 Å². The number of hydrogen-bond acceptors (Lipinski definition) is 7. The van der Waals surface area contributed by atoms with Gasteiger partial charge >= 0.3 is 5.97 Å². The summed E-state index contributed by atoms with van der Waals surface area (Å²) >= 11 is 1.43. The van der Waals surface area contributed by atoms with Crippen LogP contribution >= 0.6 is 11.3 Å². The minimum Gasteiger partial charge on any atom is -0.465 e. The third kappa shape index (κ3) is 8.10. The molecule has 1 saturated heterocycles. The summed E-state index contributed by atoms with van der Waals surface area (Å²) in [7, 11) is 1.45. The quantitative estimate of drug-likeness (QED) is 0.233. The van der Waals surface area contributed by atoms with Gasteiger partial charge in [-0.15, -0.1) is 11.3 Å². The van der Waals surface area contributed by atoms with E-state index in [1.807, 2.05) is 0 Å². The second kappa shape index (κ2) is 12.8. The molecule has 39 heavy (non-hydrogen) atoms. The fourth-order valence-corrected chi connectivity index (χ4v) is 6.89. The Labute approximate surface area is 239 Å². The Kier molecular flexibility index (Phi) is 9.86. The number of ether oxygens (including phenoxy) is 3. The van der Waals surface area contributed by atoms with E-state index in [2.05, 4.69) is 63.5 Å². The molecule has 216 valence electrons. The number of aliphatic hydroxyl groups is 1. The first-order valence-corrected chi connectivity index (χ1v) is 15.4. The standard InChI is InChI=1S/C32H47NO5S/c1-22-7-8-24(23(2)17-22)19-33(25-9-14-32(35,15-10-25)21-38-26-12-16-37-20-26)28-18-27(11-13-31(3,4)5)39-29(28)30(34)36-6/h7,18,23-26,35H,8-10,12,14-17,19-21H2,1-6H3/t23-,24+,25?,26-,32?/m0/s1. The number of hydrogen-bond donors (Lipinski definition) is 1. The summed E-state index contributed by atoms with van der Waals surface area (Å²) in [6.45, 7) is 13.4. The van der Waals surface area contributed by atoms with Crippen molar-refractivity contribution in [3.8, 4) is 11.8 Å². The molecule has 0 aromatic carbocycles. The Bertz CT molecular complexity index is 1080. The van der Waals surface area contributed by atoms with Gasteiger partial charge in [0.05, 0.1) is 42.6 Å². The van der Waals surface area contributed by atoms with Gasteiger partial charge < -0.3 is 24.2 Å². The van der Waals surface area contributed by atoms with Crippen LogP contribution < -0.4 is 4.90 Å². The van der Waals surface area contributed by atoms with E-state index >= 15 is 0 Å². The van der Waals surface area contributed by atoms with Gasteiger partial charge in [0.2, 0.25) is 0 Å². The fraction of sp³-hybridized carbons (Fsp3) is 0.719. The number of anilines is 1. The molecule has 7 heteroatoms. The van der Waals surface area contributed by atoms with Gasteiger partial charge in [0.25, 0.3) is 0 Å². The summed E-state index contributed by atoms with van der Waals surface area (Å²) in [6, 6.07) is 2.31. The molecule has 1 aromatic heterocycles. The monoisotopic (exact) mass is 557 g/mol. The average Bonchev–Trinajstić information content (AvgIpc) is 3.56. The number of thiophene rings is 1. The van der Waals surface area contributed by atoms with Crippen LogP contribution in [-0.4, -0.2) is 62.3 Å². The van der Waals surface area contributed by atoms with Crippen LogP contribution in [0.3, 0.4) is 0 Å². The molecule has 3 aliphatic rings. The first kappa shape index (κ1) is 30.1. The van der Waals surface area contributed by atoms with Crippen molar-refractivity contribution in [2.24, 2.45) is 17.3 Å². The summed E-state index contributed by atoms with van der Waals surface area (Å²) in [6.07, 6.45) is 8.56. The van der Waals surface area contributed by atoms with Crippen molar-refractivity contribution in [1.82, 2.24) is 0 Å². The highest BCUT2D eigenvalue weighted by atomic mass is 32.1. The van der Waals surface area contributed by atoms with E-state index < -0.39 is 5.60 Å². The van der Waals surface area contributed by atoms with Gasteiger partial charge in [-0.25, -0.2) is 4.79 Å². The van der Waals surface area contributed by atoms with Crippen LogP contribution in [0.5, 0.6) is 0 Å². The minimum absolute atomic E-state index is 0.0913. The maximum Gasteiger partial charge on any atom is 0.350 e. The summed E-state index contributed by atoms with van der Waals surface area (Å²) in [5.41, 5.74) is 1.45. The number of nitrogens with zero attached hydrogens (tertiary/aromatic N) is 1. The van der Waals surface area contributed by atoms with Crippen molar-refractivity contribution in [2.75, 3.05) is 38.4 Å². The van der Waals surface area contributed by atoms with Crippen molar-refractivity contribution in [3.05, 3.63) is 27.5 Å². The highest BCUT2D eigenvalue weighted by Crippen LogP contribution is 2.40. The van der Waals surface area contributed by atoms with Gasteiger partial charge in [-0.2, -0.15) is 0 Å². The average molecular weight is 558 g/mol. The molecular formula is C32H47NO5S. The van der Waals surface area contributed by atoms with Crippen molar-refractivity contribution in [2.45, 2.75) is 97.3 Å². The van der Waals surface area contributed by atoms with E-state index in [0.717, 1.165) is 55.8 Å². The maximum absolute atomic E-state index is 13.0. The number of methoxy groups -OCH3 is 1. The zero-order chi connectivity index (χ0) is 28.2. The Morgan fingerprint density at radius 2 is 2.03 bits per heavy atom. The lowest BCUT2D eigenvalue weighted by atomic mass is 9.79. The van der Waals surface area contributed by atoms with Crippen LogP contribution in [0, 0.1) is 29.1 Å². The summed E-state index contributed by atoms with van der Waals surface area (Å²) in [4.78, 5) is 16.9. The third-order valence-electron chi connectivity index (χ3n) is 8.40. The van der Waals surface area contributed by atoms with Crippen molar-refractivity contribution >= 4 is 23.0 Å². The number of carbonyl (C=O) groups is 1. The second-order valence-electron chi connectivity index (χ2n) is 12.9. The molecule has 0 spiro atoms. The predicted octanol–water partition coefficient (Wildman–Crippen LogP) is 6.21. The molecule has 0 unspecified atom stereocenters. The van der Waals surface area contributed by atoms with Gasteiger partial charge in [0.15, 0.2) is 0 Å². The van der Waals surface area contributed by atoms with E-state index in [1.54, 1.807) is 0 Å². The third-order valence-corrected chi connectivity index (χ3v) is 9.42. The van der Waals surface area contributed by atoms with Crippen molar-refractivity contribution in [3.63, 3.8) is 0 Å². The molecule has 1 N–H and O–H groups in total. The molecule has 6 nitrogen and oxygen atoms in total. The Morgan fingerprint density at radius 1 is 1.28 bits per heavy atom. The largest absolute Gasteiger partial charge is 0.465 e. The lowest BCUT2D eigenvalue weighted by Crippen LogP contribution is -2.48. The fourth-order valence-electron chi connectivity index (χ4n) is 5.95. The van der Waals surface area contributed by atoms with E-state index in [1.165, 1.54) is 24.0 Å². The molecule has 1 aliphatic heterocycles. The van der Waals surface area contributed by atoms with E-state index in [9.17, 15) is 9.90 Å². The number of carbonyl (C=O) groups excluding carboxylic acids is 1. The zero-order valence-corrected chi connectivity index (χ0v) is 25.5. The van der Waals surface area contributed by atoms with Gasteiger partial charge in [-0.3, -0.25) is 0 Å². The molecule has 4 rings (SSSR count). The summed E-state index contributed by atoms with van der Waals surface area (Å²) in [5, 5.41) is 11.3. The van der Waals surface area contributed by atoms with Crippen molar-refractivity contribution < 1.29 is 24.1 Å². The first-order chi connectivity index (χ1) is 18.5. The van der Waals surface area contributed by atoms with Crippen LogP contribution in [0.25, 0.3) is 0 Å². The van der Waals surface area contributed by atoms with Crippen molar-refractivity contribution in [1.29, 1.82) is 0 Å². The first-order valence-electron chi connectivity index (χ1n) is 14.6. The zero-order valence-electron chi connectivity index (χ0n) is 24.7. The maximum atomic E-state index is 13.0. The van der Waals surface area contributed by atoms with Gasteiger partial charge in [-0.05, 0) is 90.5 Å². The summed E-state index contributed by atoms with van der Waals surface area (Å²) in [5.74, 6) is 7.39. The predicted molar refractivity (Wildman–Crippen MR) is 157 cm³/mol. The minimum atomic E-state index is -0.814. The van der Waals surface area contributed by atoms with Gasteiger partial charge in [0, 0.05) is 24.6 Å². The highest BCUT2D eigenvalue weighted by Gasteiger charge is 2.39. The van der Waals surface area contributed by atoms with Crippen LogP contribution in [0.15, 0.2) is 17.7 Å². The molecule has 0 bridgehead atoms. The lowest BCUT2D eigenvalue weighted by Gasteiger charge is -2.44. The number of allylic oxidation sites excluding steroid dienone is 2. The van der Waals surface area contributed by atoms with Crippen LogP contribution in [0.4, 0.5) is 5.69 Å². The summed E-state index contributed by atoms with van der Waals surface area (Å²) < 4.78 is 16.7. The van der Waals surface area contributed by atoms with E-state index in [0.29, 0.717) is 42.8 Å². The molecular weight excluding hydrogens is 510 g/mol. The van der Waals surface area contributed by atoms with Crippen LogP contribution in [0.1, 0.15) is 94.1 Å².